The third-order valence-electron chi connectivity index (χ3n) is 15.7. The number of carbonyl (C=O) groups is 14. The molecule has 98 heavy (non-hydrogen) atoms. The van der Waals surface area contributed by atoms with Gasteiger partial charge in [0.25, 0.3) is 0 Å². The van der Waals surface area contributed by atoms with Crippen molar-refractivity contribution in [3.63, 3.8) is 0 Å². The van der Waals surface area contributed by atoms with Crippen molar-refractivity contribution < 1.29 is 72.2 Å². The van der Waals surface area contributed by atoms with Crippen molar-refractivity contribution in [3.05, 3.63) is 108 Å². The van der Waals surface area contributed by atoms with Gasteiger partial charge >= 0.3 is 0 Å². The van der Waals surface area contributed by atoms with Crippen LogP contribution in [0.4, 0.5) is 0 Å². The van der Waals surface area contributed by atoms with E-state index in [-0.39, 0.29) is 95.6 Å². The Labute approximate surface area is 567 Å². The first-order chi connectivity index (χ1) is 46.5. The number of aliphatic hydroxyl groups excluding tert-OH is 1. The van der Waals surface area contributed by atoms with E-state index < -0.39 is 175 Å². The van der Waals surface area contributed by atoms with Crippen LogP contribution >= 0.6 is 0 Å². The van der Waals surface area contributed by atoms with E-state index in [4.69, 9.17) is 40.1 Å². The average molecular weight is 1370 g/mol. The first-order valence-corrected chi connectivity index (χ1v) is 32.2. The van der Waals surface area contributed by atoms with E-state index in [0.717, 1.165) is 4.90 Å². The van der Waals surface area contributed by atoms with Gasteiger partial charge in [0.1, 0.15) is 66.5 Å². The summed E-state index contributed by atoms with van der Waals surface area (Å²) in [4.78, 5) is 195. The highest BCUT2D eigenvalue weighted by Gasteiger charge is 2.41. The van der Waals surface area contributed by atoms with Crippen LogP contribution in [0.1, 0.15) is 108 Å². The maximum absolute atomic E-state index is 14.9. The number of nitrogens with zero attached hydrogens (tertiary/aromatic N) is 2. The SMILES string of the molecule is CC(C)C[C@H](NC(=O)[C@H](Cc1ccccc1)NC(=O)[C@H](C)NC(=O)[C@H](CCC(N)=O)NC(=O)[C@@H](N)CO)C(=O)N[C@@H](Cc1ccccc1)C(=O)N[C@@H](CCC(N)=O)C(=O)N1CCC[C@H]1C(=O)N[C@@H](CCC(N)=O)C(=O)N[C@@H](CCCN=C(N)N)C(=O)N[C@@H](Cc1ccccc1)C(N)=O. The molecule has 1 aliphatic heterocycles. The second-order valence-electron chi connectivity index (χ2n) is 24.3. The number of aliphatic imine (C=N–C) groups is 1. The topological polar surface area (TPSA) is 565 Å². The molecule has 33 nitrogen and oxygen atoms in total. The third kappa shape index (κ3) is 28.0. The summed E-state index contributed by atoms with van der Waals surface area (Å²) in [7, 11) is 0. The number of benzene rings is 3. The smallest absolute Gasteiger partial charge is 0.245 e. The van der Waals surface area contributed by atoms with Gasteiger partial charge in [-0.3, -0.25) is 72.1 Å². The quantitative estimate of drug-likeness (QED) is 0.0143. The molecule has 0 spiro atoms. The molecule has 0 unspecified atom stereocenters. The summed E-state index contributed by atoms with van der Waals surface area (Å²) >= 11 is 0. The average Bonchev–Trinajstić information content (AvgIpc) is 1.59. The van der Waals surface area contributed by atoms with Gasteiger partial charge in [-0.2, -0.15) is 0 Å². The lowest BCUT2D eigenvalue weighted by Gasteiger charge is -2.31. The summed E-state index contributed by atoms with van der Waals surface area (Å²) in [5.41, 5.74) is 40.4. The maximum atomic E-state index is 14.9. The number of aliphatic hydroxyl groups is 1. The Morgan fingerprint density at radius 1 is 0.469 bits per heavy atom. The number of guanidine groups is 1. The molecular weight excluding hydrogens is 1270 g/mol. The predicted molar refractivity (Wildman–Crippen MR) is 357 cm³/mol. The molecular formula is C65H94N18O15. The molecule has 0 bridgehead atoms. The first kappa shape index (κ1) is 79.9. The fraction of sp³-hybridized carbons (Fsp3) is 0.492. The first-order valence-electron chi connectivity index (χ1n) is 32.2. The van der Waals surface area contributed by atoms with Crippen molar-refractivity contribution in [2.24, 2.45) is 51.0 Å². The fourth-order valence-electron chi connectivity index (χ4n) is 10.5. The summed E-state index contributed by atoms with van der Waals surface area (Å²) in [6.45, 7) is 4.00. The van der Waals surface area contributed by atoms with Crippen LogP contribution in [0.5, 0.6) is 0 Å². The zero-order valence-electron chi connectivity index (χ0n) is 55.2. The summed E-state index contributed by atoms with van der Waals surface area (Å²) < 4.78 is 0. The molecule has 3 aromatic rings. The Kier molecular flexibility index (Phi) is 33.2. The highest BCUT2D eigenvalue weighted by molar-refractivity contribution is 6.00. The molecule has 0 aromatic heterocycles. The number of carbonyl (C=O) groups excluding carboxylic acids is 14. The van der Waals surface area contributed by atoms with E-state index in [1.165, 1.54) is 6.92 Å². The molecule has 0 radical (unpaired) electrons. The molecule has 4 rings (SSSR count). The Bertz CT molecular complexity index is 3270. The number of nitrogens with two attached hydrogens (primary N) is 7. The summed E-state index contributed by atoms with van der Waals surface area (Å²) in [5.74, 6) is -12.9. The second kappa shape index (κ2) is 40.7. The minimum absolute atomic E-state index is 0.00165. The predicted octanol–water partition coefficient (Wildman–Crippen LogP) is -5.21. The van der Waals surface area contributed by atoms with E-state index in [0.29, 0.717) is 16.7 Å². The molecule has 24 N–H and O–H groups in total. The molecule has 534 valence electrons. The van der Waals surface area contributed by atoms with Gasteiger partial charge in [0, 0.05) is 51.6 Å². The van der Waals surface area contributed by atoms with Crippen LogP contribution in [-0.4, -0.2) is 185 Å². The van der Waals surface area contributed by atoms with E-state index in [1.54, 1.807) is 105 Å². The lowest BCUT2D eigenvalue weighted by Crippen LogP contribution is -2.61. The Morgan fingerprint density at radius 3 is 1.31 bits per heavy atom. The van der Waals surface area contributed by atoms with E-state index >= 15 is 0 Å². The molecule has 1 heterocycles. The zero-order valence-corrected chi connectivity index (χ0v) is 55.2. The van der Waals surface area contributed by atoms with Crippen molar-refractivity contribution >= 4 is 88.7 Å². The van der Waals surface area contributed by atoms with Crippen molar-refractivity contribution in [2.75, 3.05) is 19.7 Å². The molecule has 33 heteroatoms. The third-order valence-corrected chi connectivity index (χ3v) is 15.7. The highest BCUT2D eigenvalue weighted by Crippen LogP contribution is 2.21. The van der Waals surface area contributed by atoms with Crippen LogP contribution in [0.3, 0.4) is 0 Å². The number of nitrogens with one attached hydrogen (secondary N) is 9. The van der Waals surface area contributed by atoms with Gasteiger partial charge in [-0.25, -0.2) is 0 Å². The van der Waals surface area contributed by atoms with Crippen LogP contribution in [0.15, 0.2) is 96.0 Å². The Hall–Kier alpha value is -10.6. The zero-order chi connectivity index (χ0) is 72.6. The fourth-order valence-corrected chi connectivity index (χ4v) is 10.5. The van der Waals surface area contributed by atoms with Crippen molar-refractivity contribution in [1.29, 1.82) is 0 Å². The molecule has 3 aromatic carbocycles. The standard InChI is InChI=1S/C65H94N18O15/c1-36(2)31-47(81-62(96)48(33-39-17-9-5-10-18-39)80-55(89)37(3)74-57(91)43(23-26-51(67)85)75-56(90)41(66)35-84)60(94)82-49(34-40-19-11-6-12-20-40)61(95)78-45(25-28-53(69)87)64(98)83-30-14-22-50(83)63(97)77-44(24-27-52(68)86)59(93)76-42(21-13-29-73-65(71)72)58(92)79-46(54(70)88)32-38-15-7-4-8-16-38/h4-12,15-20,36-37,41-50,84H,13-14,21-35,66H2,1-3H3,(H2,67,85)(H2,68,86)(H2,69,87)(H2,70,88)(H,74,91)(H,75,90)(H,76,93)(H,77,97)(H,78,95)(H,79,92)(H,80,89)(H,81,96)(H,82,94)(H4,71,72,73)/t37-,41-,42-,43-,44-,45-,46-,47-,48-,49-,50-/m0/s1. The lowest BCUT2D eigenvalue weighted by atomic mass is 9.99. The summed E-state index contributed by atoms with van der Waals surface area (Å²) in [6, 6.07) is 9.86. The molecule has 11 atom stereocenters. The van der Waals surface area contributed by atoms with Crippen molar-refractivity contribution in [3.8, 4) is 0 Å². The lowest BCUT2D eigenvalue weighted by molar-refractivity contribution is -0.143. The van der Waals surface area contributed by atoms with E-state index in [2.05, 4.69) is 52.8 Å². The summed E-state index contributed by atoms with van der Waals surface area (Å²) in [5, 5.41) is 32.6. The normalized spacial score (nSPS) is 15.6. The molecule has 1 saturated heterocycles. The molecule has 0 saturated carbocycles. The molecule has 0 aliphatic carbocycles. The molecule has 14 amide bonds. The number of likely N-dealkylation sites (tertiary alicyclic amines) is 1. The van der Waals surface area contributed by atoms with E-state index in [9.17, 15) is 72.2 Å². The minimum Gasteiger partial charge on any atom is -0.394 e. The van der Waals surface area contributed by atoms with Gasteiger partial charge in [0.15, 0.2) is 5.96 Å². The monoisotopic (exact) mass is 1370 g/mol. The summed E-state index contributed by atoms with van der Waals surface area (Å²) in [6.07, 6.45) is -2.41. The van der Waals surface area contributed by atoms with Crippen LogP contribution < -0.4 is 88.0 Å². The van der Waals surface area contributed by atoms with Gasteiger partial charge in [-0.1, -0.05) is 105 Å². The van der Waals surface area contributed by atoms with Crippen LogP contribution in [0.2, 0.25) is 0 Å². The minimum atomic E-state index is -1.58. The van der Waals surface area contributed by atoms with E-state index in [1.807, 2.05) is 0 Å². The van der Waals surface area contributed by atoms with Gasteiger partial charge in [-0.05, 0) is 80.9 Å². The van der Waals surface area contributed by atoms with Crippen LogP contribution in [0, 0.1) is 5.92 Å². The number of primary amides is 4. The van der Waals surface area contributed by atoms with Gasteiger partial charge < -0.3 is 98.0 Å². The second-order valence-corrected chi connectivity index (χ2v) is 24.3. The number of amides is 14. The maximum Gasteiger partial charge on any atom is 0.245 e. The van der Waals surface area contributed by atoms with Gasteiger partial charge in [-0.15, -0.1) is 0 Å². The molecule has 1 aliphatic rings. The largest absolute Gasteiger partial charge is 0.394 e. The van der Waals surface area contributed by atoms with Crippen LogP contribution in [0.25, 0.3) is 0 Å². The number of rotatable bonds is 42. The highest BCUT2D eigenvalue weighted by atomic mass is 16.3. The number of hydrogen-bond donors (Lipinski definition) is 17. The van der Waals surface area contributed by atoms with Crippen molar-refractivity contribution in [1.82, 2.24) is 52.8 Å². The van der Waals surface area contributed by atoms with Crippen molar-refractivity contribution in [2.45, 2.75) is 177 Å². The Morgan fingerprint density at radius 2 is 0.847 bits per heavy atom. The van der Waals surface area contributed by atoms with Gasteiger partial charge in [0.05, 0.1) is 6.61 Å². The Balaban J connectivity index is 1.61. The number of hydrogen-bond acceptors (Lipinski definition) is 17. The van der Waals surface area contributed by atoms with Gasteiger partial charge in [0.2, 0.25) is 82.7 Å². The van der Waals surface area contributed by atoms with Crippen LogP contribution in [-0.2, 0) is 86.4 Å². The molecule has 1 fully saturated rings.